The molecule has 0 aliphatic rings. The summed E-state index contributed by atoms with van der Waals surface area (Å²) in [5.41, 5.74) is 0. The topological polar surface area (TPSA) is 0 Å². The fourth-order valence-electron chi connectivity index (χ4n) is 0. The Labute approximate surface area is 131 Å². The van der Waals surface area contributed by atoms with Crippen LogP contribution in [0.15, 0.2) is 0 Å². The second-order valence-electron chi connectivity index (χ2n) is 0. The molecule has 0 heterocycles. The first-order valence-corrected chi connectivity index (χ1v) is 0. The van der Waals surface area contributed by atoms with Gasteiger partial charge in [0, 0.05) is 58.6 Å². The molecule has 0 rings (SSSR count). The normalized spacial score (nSPS) is 0. The Balaban J connectivity index is 0. The van der Waals surface area contributed by atoms with E-state index in [0.29, 0.717) is 0 Å². The van der Waals surface area contributed by atoms with Gasteiger partial charge in [-0.05, 0) is 0 Å². The first kappa shape index (κ1) is 49.0. The Hall–Kier alpha value is 4.19. The zero-order chi connectivity index (χ0) is 0. The quantitative estimate of drug-likeness (QED) is 0.416. The van der Waals surface area contributed by atoms with Crippen LogP contribution in [0.4, 0.5) is 0 Å². The van der Waals surface area contributed by atoms with E-state index in [4.69, 9.17) is 0 Å². The van der Waals surface area contributed by atoms with Crippen LogP contribution in [-0.2, 0) is 58.6 Å². The van der Waals surface area contributed by atoms with Crippen molar-refractivity contribution in [3.63, 3.8) is 0 Å². The number of rotatable bonds is 0. The molecule has 6 heteroatoms. The third-order valence-corrected chi connectivity index (χ3v) is 0. The standard InChI is InChI=1S/Ca.Cr.GeH4.H2Se.Ti.Zn.2H/h;;1H4;1H2;;;;/q+2;;;;;;2*-1. The third kappa shape index (κ3) is 24.1. The van der Waals surface area contributed by atoms with Crippen molar-refractivity contribution in [2.45, 2.75) is 0 Å². The predicted molar refractivity (Wildman–Crippen MR) is 27.9 cm³/mol. The molecule has 0 saturated carbocycles. The van der Waals surface area contributed by atoms with Crippen molar-refractivity contribution in [2.75, 3.05) is 0 Å². The number of hydrogen-bond donors (Lipinski definition) is 0. The molecule has 0 saturated heterocycles. The zero-order valence-corrected chi connectivity index (χ0v) is 12.9. The van der Waals surface area contributed by atoms with Crippen molar-refractivity contribution in [1.29, 1.82) is 0 Å². The maximum atomic E-state index is 0. The fourth-order valence-corrected chi connectivity index (χ4v) is 0. The average molecular weight is 365 g/mol. The Morgan fingerprint density at radius 1 is 1.17 bits per heavy atom. The molecule has 0 N–H and O–H groups in total. The van der Waals surface area contributed by atoms with E-state index in [-0.39, 0.29) is 134 Å². The van der Waals surface area contributed by atoms with E-state index in [0.717, 1.165) is 0 Å². The molecule has 0 unspecified atom stereocenters. The minimum absolute atomic E-state index is 0. The molecular weight excluding hydrogens is 357 g/mol. The van der Waals surface area contributed by atoms with Gasteiger partial charge in [0.2, 0.25) is 0 Å². The van der Waals surface area contributed by atoms with Crippen molar-refractivity contribution in [3.05, 3.63) is 0 Å². The third-order valence-electron chi connectivity index (χ3n) is 0. The summed E-state index contributed by atoms with van der Waals surface area (Å²) in [5.74, 6) is 0. The summed E-state index contributed by atoms with van der Waals surface area (Å²) in [6.45, 7) is 0. The summed E-state index contributed by atoms with van der Waals surface area (Å²) in [4.78, 5) is 0. The molecule has 32 valence electrons. The molecule has 0 fully saturated rings. The number of hydrogen-bond acceptors (Lipinski definition) is 0. The molecule has 0 bridgehead atoms. The van der Waals surface area contributed by atoms with Crippen molar-refractivity contribution in [3.8, 4) is 0 Å². The van der Waals surface area contributed by atoms with Crippen LogP contribution < -0.4 is 0 Å². The van der Waals surface area contributed by atoms with Gasteiger partial charge < -0.3 is 2.85 Å². The Morgan fingerprint density at radius 2 is 1.17 bits per heavy atom. The van der Waals surface area contributed by atoms with Gasteiger partial charge in [0.15, 0.2) is 0 Å². The van der Waals surface area contributed by atoms with E-state index < -0.39 is 0 Å². The largest absolute Gasteiger partial charge is 0 e. The smallest absolute Gasteiger partial charge is 0 e. The van der Waals surface area contributed by atoms with Crippen molar-refractivity contribution >= 4 is 72.4 Å². The van der Waals surface area contributed by atoms with Crippen LogP contribution in [0.3, 0.4) is 0 Å². The molecule has 0 aliphatic carbocycles. The average Bonchev–Trinajstić information content (AvgIpc) is 0. The van der Waals surface area contributed by atoms with Crippen LogP contribution in [-0.4, -0.2) is 72.4 Å². The van der Waals surface area contributed by atoms with Crippen LogP contribution in [0.1, 0.15) is 2.85 Å². The van der Waals surface area contributed by atoms with Gasteiger partial charge in [-0.15, -0.1) is 0 Å². The van der Waals surface area contributed by atoms with Crippen molar-refractivity contribution in [2.24, 2.45) is 0 Å². The van der Waals surface area contributed by atoms with Crippen molar-refractivity contribution < 1.29 is 61.4 Å². The molecule has 0 aromatic heterocycles. The molecule has 0 spiro atoms. The van der Waals surface area contributed by atoms with Gasteiger partial charge in [0.25, 0.3) is 0 Å². The summed E-state index contributed by atoms with van der Waals surface area (Å²) in [7, 11) is 0. The molecule has 6 heavy (non-hydrogen) atoms. The van der Waals surface area contributed by atoms with E-state index in [9.17, 15) is 0 Å². The van der Waals surface area contributed by atoms with E-state index in [1.54, 1.807) is 0 Å². The molecule has 0 atom stereocenters. The molecule has 0 aromatic rings. The van der Waals surface area contributed by atoms with Crippen LogP contribution in [0.25, 0.3) is 0 Å². The predicted octanol–water partition coefficient (Wildman–Crippen LogP) is -2.53. The van der Waals surface area contributed by atoms with Gasteiger partial charge in [-0.1, -0.05) is 0 Å². The molecule has 0 nitrogen and oxygen atoms in total. The maximum absolute atomic E-state index is 0. The maximum Gasteiger partial charge on any atom is 0 e. The van der Waals surface area contributed by atoms with Gasteiger partial charge in [0.05, 0.1) is 0 Å². The summed E-state index contributed by atoms with van der Waals surface area (Å²) >= 11 is 0. The molecule has 0 aromatic carbocycles. The van der Waals surface area contributed by atoms with E-state index in [1.165, 1.54) is 0 Å². The van der Waals surface area contributed by atoms with Crippen LogP contribution in [0.5, 0.6) is 0 Å². The Kier molecular flexibility index (Phi) is 287. The SMILES string of the molecule is [Ca+2].[Cr].[GeH4].[H-].[H-].[SeH2].[Ti].[Zn]. The minimum Gasteiger partial charge on any atom is 0 e. The molecule has 0 amide bonds. The molecule has 0 aliphatic heterocycles. The molecule has 0 radical (unpaired) electrons. The van der Waals surface area contributed by atoms with Gasteiger partial charge in [-0.25, -0.2) is 0 Å². The van der Waals surface area contributed by atoms with Gasteiger partial charge in [-0.2, -0.15) is 0 Å². The summed E-state index contributed by atoms with van der Waals surface area (Å²) in [5, 5.41) is 0. The second-order valence-corrected chi connectivity index (χ2v) is 0. The van der Waals surface area contributed by atoms with Gasteiger partial charge >= 0.3 is 72.4 Å². The monoisotopic (exact) mass is 366 g/mol. The van der Waals surface area contributed by atoms with Crippen LogP contribution >= 0.6 is 0 Å². The first-order chi connectivity index (χ1) is 0. The summed E-state index contributed by atoms with van der Waals surface area (Å²) in [6.07, 6.45) is 0. The van der Waals surface area contributed by atoms with Gasteiger partial charge in [0.1, 0.15) is 0 Å². The Morgan fingerprint density at radius 3 is 1.17 bits per heavy atom. The second kappa shape index (κ2) is 35.1. The fraction of sp³-hybridized carbons (Fsp3) is 0. The first-order valence-electron chi connectivity index (χ1n) is 0. The van der Waals surface area contributed by atoms with E-state index in [2.05, 4.69) is 0 Å². The van der Waals surface area contributed by atoms with Crippen LogP contribution in [0.2, 0.25) is 0 Å². The summed E-state index contributed by atoms with van der Waals surface area (Å²) < 4.78 is 0. The van der Waals surface area contributed by atoms with E-state index in [1.807, 2.05) is 0 Å². The molecular formula is H8CaCrGeSeTiZn. The summed E-state index contributed by atoms with van der Waals surface area (Å²) in [6, 6.07) is 0. The Bertz CT molecular complexity index is 22.0. The zero-order valence-electron chi connectivity index (χ0n) is 4.82. The minimum atomic E-state index is 0. The van der Waals surface area contributed by atoms with E-state index >= 15 is 0 Å². The van der Waals surface area contributed by atoms with Gasteiger partial charge in [-0.3, -0.25) is 0 Å². The van der Waals surface area contributed by atoms with Crippen LogP contribution in [0, 0.1) is 0 Å². The van der Waals surface area contributed by atoms with Crippen molar-refractivity contribution in [1.82, 2.24) is 0 Å².